The van der Waals surface area contributed by atoms with Gasteiger partial charge in [-0.25, -0.2) is 0 Å². The average Bonchev–Trinajstić information content (AvgIpc) is 4.03. The van der Waals surface area contributed by atoms with Crippen molar-refractivity contribution >= 4 is 47.5 Å². The molecule has 8 atom stereocenters. The molecular formula is C52H60N4O16. The smallest absolute Gasteiger partial charge is 0.313 e. The first-order valence-electron chi connectivity index (χ1n) is 23.3. The van der Waals surface area contributed by atoms with Gasteiger partial charge in [0.1, 0.15) is 48.1 Å². The van der Waals surface area contributed by atoms with Crippen molar-refractivity contribution in [3.05, 3.63) is 144 Å². The number of likely N-dealkylation sites (tertiary alicyclic amines) is 4. The molecular weight excluding hydrogens is 937 g/mol. The van der Waals surface area contributed by atoms with E-state index in [0.717, 1.165) is 22.3 Å². The number of carbonyl (C=O) groups is 8. The molecule has 4 fully saturated rings. The molecule has 0 aromatic heterocycles. The fraction of sp³-hybridized carbons (Fsp3) is 0.385. The molecule has 8 rings (SSSR count). The lowest BCUT2D eigenvalue weighted by Gasteiger charge is -2.15. The van der Waals surface area contributed by atoms with Gasteiger partial charge in [-0.05, 0) is 36.1 Å². The van der Waals surface area contributed by atoms with Gasteiger partial charge in [0, 0.05) is 52.4 Å². The second kappa shape index (κ2) is 26.6. The molecule has 4 heterocycles. The van der Waals surface area contributed by atoms with Crippen LogP contribution in [0.1, 0.15) is 36.1 Å². The molecule has 4 amide bonds. The number of rotatable bonds is 14. The van der Waals surface area contributed by atoms with Crippen LogP contribution in [0.2, 0.25) is 0 Å². The molecule has 4 aromatic rings. The van der Waals surface area contributed by atoms with Crippen LogP contribution in [-0.2, 0) is 74.0 Å². The number of ether oxygens (including phenoxy) is 2. The molecule has 0 saturated carbocycles. The lowest BCUT2D eigenvalue weighted by molar-refractivity contribution is -0.152. The minimum atomic E-state index is -1.42. The number of benzene rings is 4. The van der Waals surface area contributed by atoms with E-state index >= 15 is 0 Å². The van der Waals surface area contributed by atoms with Crippen LogP contribution in [0.5, 0.6) is 0 Å². The molecule has 72 heavy (non-hydrogen) atoms. The van der Waals surface area contributed by atoms with E-state index in [1.54, 1.807) is 13.8 Å². The molecule has 4 saturated heterocycles. The maximum atomic E-state index is 11.9. The number of aliphatic carboxylic acids is 2. The first-order valence-corrected chi connectivity index (χ1v) is 23.3. The second-order valence-electron chi connectivity index (χ2n) is 17.2. The van der Waals surface area contributed by atoms with Crippen LogP contribution < -0.4 is 0 Å². The molecule has 0 aliphatic carbocycles. The Morgan fingerprint density at radius 1 is 0.403 bits per heavy atom. The molecule has 0 bridgehead atoms. The van der Waals surface area contributed by atoms with E-state index in [9.17, 15) is 58.8 Å². The van der Waals surface area contributed by atoms with Gasteiger partial charge in [0.2, 0.25) is 0 Å². The summed E-state index contributed by atoms with van der Waals surface area (Å²) in [5.41, 5.74) is 3.76. The summed E-state index contributed by atoms with van der Waals surface area (Å²) in [6.07, 6.45) is -5.42. The van der Waals surface area contributed by atoms with Gasteiger partial charge < -0.3 is 59.7 Å². The van der Waals surface area contributed by atoms with Crippen molar-refractivity contribution < 1.29 is 78.5 Å². The molecule has 4 aliphatic rings. The zero-order valence-electron chi connectivity index (χ0n) is 39.8. The predicted octanol–water partition coefficient (Wildman–Crippen LogP) is 1.32. The highest BCUT2D eigenvalue weighted by Gasteiger charge is 2.46. The minimum absolute atomic E-state index is 0.0597. The Labute approximate surface area is 415 Å². The predicted molar refractivity (Wildman–Crippen MR) is 254 cm³/mol. The van der Waals surface area contributed by atoms with E-state index in [1.807, 2.05) is 121 Å². The number of carboxylic acid groups (broad SMARTS) is 2. The van der Waals surface area contributed by atoms with E-state index in [1.165, 1.54) is 19.6 Å². The summed E-state index contributed by atoms with van der Waals surface area (Å²) < 4.78 is 9.73. The molecule has 0 radical (unpaired) electrons. The highest BCUT2D eigenvalue weighted by atomic mass is 16.5. The third kappa shape index (κ3) is 14.8. The van der Waals surface area contributed by atoms with Crippen LogP contribution in [0, 0.1) is 23.7 Å². The van der Waals surface area contributed by atoms with E-state index in [0.29, 0.717) is 26.2 Å². The Hall–Kier alpha value is -7.52. The fourth-order valence-corrected chi connectivity index (χ4v) is 8.26. The number of esters is 2. The van der Waals surface area contributed by atoms with Crippen molar-refractivity contribution in [3.8, 4) is 0 Å². The summed E-state index contributed by atoms with van der Waals surface area (Å²) in [6.45, 7) is 5.87. The van der Waals surface area contributed by atoms with E-state index in [-0.39, 0.29) is 39.4 Å². The van der Waals surface area contributed by atoms with Crippen molar-refractivity contribution in [2.45, 2.75) is 64.4 Å². The summed E-state index contributed by atoms with van der Waals surface area (Å²) in [4.78, 5) is 97.7. The highest BCUT2D eigenvalue weighted by molar-refractivity contribution is 5.92. The van der Waals surface area contributed by atoms with E-state index < -0.39 is 95.6 Å². The second-order valence-corrected chi connectivity index (χ2v) is 17.2. The number of aliphatic hydroxyl groups excluding tert-OH is 4. The van der Waals surface area contributed by atoms with Crippen LogP contribution in [0.3, 0.4) is 0 Å². The number of hydrogen-bond acceptors (Lipinski definition) is 14. The molecule has 0 spiro atoms. The van der Waals surface area contributed by atoms with Crippen LogP contribution >= 0.6 is 0 Å². The Morgan fingerprint density at radius 2 is 0.611 bits per heavy atom. The lowest BCUT2D eigenvalue weighted by Crippen LogP contribution is -2.31. The summed E-state index contributed by atoms with van der Waals surface area (Å²) in [5.74, 6) is -8.77. The van der Waals surface area contributed by atoms with Crippen LogP contribution in [0.25, 0.3) is 0 Å². The molecule has 20 heteroatoms. The highest BCUT2D eigenvalue weighted by Crippen LogP contribution is 2.25. The van der Waals surface area contributed by atoms with Gasteiger partial charge in [0.25, 0.3) is 23.6 Å². The van der Waals surface area contributed by atoms with Gasteiger partial charge in [-0.15, -0.1) is 0 Å². The molecule has 384 valence electrons. The first-order chi connectivity index (χ1) is 34.4. The molecule has 6 N–H and O–H groups in total. The minimum Gasteiger partial charge on any atom is -0.481 e. The number of amides is 4. The Kier molecular flexibility index (Phi) is 20.5. The number of hydrogen-bond donors (Lipinski definition) is 6. The van der Waals surface area contributed by atoms with Gasteiger partial charge >= 0.3 is 23.9 Å². The lowest BCUT2D eigenvalue weighted by atomic mass is 10.1. The van der Waals surface area contributed by atoms with Gasteiger partial charge in [0.05, 0.1) is 13.2 Å². The zero-order valence-corrected chi connectivity index (χ0v) is 39.8. The van der Waals surface area contributed by atoms with Crippen molar-refractivity contribution in [1.82, 2.24) is 19.6 Å². The summed E-state index contributed by atoms with van der Waals surface area (Å²) >= 11 is 0. The zero-order chi connectivity index (χ0) is 52.5. The monoisotopic (exact) mass is 996 g/mol. The van der Waals surface area contributed by atoms with Crippen LogP contribution in [0.15, 0.2) is 121 Å². The van der Waals surface area contributed by atoms with Gasteiger partial charge in [-0.1, -0.05) is 121 Å². The molecule has 4 aliphatic heterocycles. The maximum Gasteiger partial charge on any atom is 0.313 e. The van der Waals surface area contributed by atoms with Crippen molar-refractivity contribution in [1.29, 1.82) is 0 Å². The van der Waals surface area contributed by atoms with Gasteiger partial charge in [-0.2, -0.15) is 0 Å². The number of carboxylic acids is 2. The molecule has 4 aromatic carbocycles. The summed E-state index contributed by atoms with van der Waals surface area (Å²) in [6, 6.07) is 37.5. The summed E-state index contributed by atoms with van der Waals surface area (Å²) in [5, 5.41) is 56.3. The summed E-state index contributed by atoms with van der Waals surface area (Å²) in [7, 11) is 0. The normalized spacial score (nSPS) is 23.3. The standard InChI is InChI=1S/2C14H17NO4.2C12H13NO4/c2*1-2-19-14(18)11-9-15(13(17)12(11)16)8-10-6-4-3-5-7-10;2*14-10-9(12(16)17)7-13(11(10)15)6-8-4-2-1-3-5-8/h2*3-7,11-12,16H,2,8-9H2,1H3;2*1-5,9-10,14H,6-7H2,(H,16,17)/t2*11-,12+;2*9-,10+/m1010/s1. The first kappa shape index (κ1) is 55.4. The quantitative estimate of drug-likeness (QED) is 0.0972. The van der Waals surface area contributed by atoms with Crippen molar-refractivity contribution in [2.24, 2.45) is 23.7 Å². The maximum absolute atomic E-state index is 11.9. The third-order valence-electron chi connectivity index (χ3n) is 12.1. The largest absolute Gasteiger partial charge is 0.481 e. The SMILES string of the molecule is CCOC(=O)[C@@H]1CN(Cc2ccccc2)C(=O)[C@H]1O.CCOC(=O)[C@H]1CN(Cc2ccccc2)C(=O)[C@@H]1O.O=C(O)[C@@H]1CN(Cc2ccccc2)C(=O)[C@H]1O.O=C(O)[C@H]1CN(Cc2ccccc2)C(=O)[C@@H]1O. The molecule has 0 unspecified atom stereocenters. The van der Waals surface area contributed by atoms with Crippen LogP contribution in [-0.4, -0.2) is 162 Å². The Morgan fingerprint density at radius 3 is 0.806 bits per heavy atom. The fourth-order valence-electron chi connectivity index (χ4n) is 8.26. The van der Waals surface area contributed by atoms with Gasteiger partial charge in [0.15, 0.2) is 0 Å². The molecule has 20 nitrogen and oxygen atoms in total. The average molecular weight is 997 g/mol. The Balaban J connectivity index is 0.000000179. The van der Waals surface area contributed by atoms with Gasteiger partial charge in [-0.3, -0.25) is 38.4 Å². The van der Waals surface area contributed by atoms with Crippen molar-refractivity contribution in [2.75, 3.05) is 39.4 Å². The number of nitrogens with zero attached hydrogens (tertiary/aromatic N) is 4. The third-order valence-corrected chi connectivity index (χ3v) is 12.1. The topological polar surface area (TPSA) is 289 Å². The number of carbonyl (C=O) groups excluding carboxylic acids is 6. The van der Waals surface area contributed by atoms with E-state index in [2.05, 4.69) is 0 Å². The van der Waals surface area contributed by atoms with Crippen molar-refractivity contribution in [3.63, 3.8) is 0 Å². The number of aliphatic hydroxyl groups is 4. The van der Waals surface area contributed by atoms with E-state index in [4.69, 9.17) is 19.7 Å². The Bertz CT molecular complexity index is 2300. The van der Waals surface area contributed by atoms with Crippen LogP contribution in [0.4, 0.5) is 0 Å².